The van der Waals surface area contributed by atoms with Crippen molar-refractivity contribution in [2.24, 2.45) is 5.92 Å². The van der Waals surface area contributed by atoms with Crippen molar-refractivity contribution < 1.29 is 4.79 Å². The molecule has 4 rings (SSSR count). The largest absolute Gasteiger partial charge is 0.367 e. The van der Waals surface area contributed by atoms with Crippen LogP contribution in [-0.2, 0) is 12.8 Å². The summed E-state index contributed by atoms with van der Waals surface area (Å²) in [6, 6.07) is 7.87. The molecule has 0 bridgehead atoms. The summed E-state index contributed by atoms with van der Waals surface area (Å²) >= 11 is 7.88. The molecule has 1 N–H and O–H groups in total. The zero-order chi connectivity index (χ0) is 19.0. The molecule has 2 aliphatic rings. The van der Waals surface area contributed by atoms with E-state index in [0.29, 0.717) is 10.9 Å². The fraction of sp³-hybridized carbons (Fsp3) is 0.476. The van der Waals surface area contributed by atoms with E-state index in [1.807, 2.05) is 18.2 Å². The second-order valence-corrected chi connectivity index (χ2v) is 9.39. The van der Waals surface area contributed by atoms with Crippen molar-refractivity contribution in [3.05, 3.63) is 44.6 Å². The number of fused-ring (bicyclic) bond motifs is 1. The molecular weight excluding hydrogens is 378 g/mol. The second kappa shape index (κ2) is 7.82. The number of nitrogens with one attached hydrogen (secondary N) is 1. The summed E-state index contributed by atoms with van der Waals surface area (Å²) in [5.41, 5.74) is 3.21. The van der Waals surface area contributed by atoms with E-state index in [-0.39, 0.29) is 5.91 Å². The van der Waals surface area contributed by atoms with Crippen LogP contribution < -0.4 is 10.2 Å². The number of rotatable bonds is 3. The van der Waals surface area contributed by atoms with Crippen LogP contribution in [0.1, 0.15) is 33.5 Å². The van der Waals surface area contributed by atoms with E-state index < -0.39 is 0 Å². The Balaban J connectivity index is 1.55. The molecule has 4 nitrogen and oxygen atoms in total. The number of thiophene rings is 1. The third kappa shape index (κ3) is 4.15. The summed E-state index contributed by atoms with van der Waals surface area (Å²) in [7, 11) is 2.14. The maximum Gasteiger partial charge on any atom is 0.265 e. The quantitative estimate of drug-likeness (QED) is 0.817. The van der Waals surface area contributed by atoms with Gasteiger partial charge in [-0.2, -0.15) is 0 Å². The number of amides is 1. The van der Waals surface area contributed by atoms with Gasteiger partial charge in [-0.05, 0) is 62.1 Å². The molecule has 1 amide bonds. The molecule has 1 fully saturated rings. The van der Waals surface area contributed by atoms with Crippen molar-refractivity contribution in [3.8, 4) is 0 Å². The molecule has 144 valence electrons. The zero-order valence-electron chi connectivity index (χ0n) is 15.9. The lowest BCUT2D eigenvalue weighted by Gasteiger charge is -2.35. The first-order valence-electron chi connectivity index (χ1n) is 9.65. The predicted molar refractivity (Wildman–Crippen MR) is 115 cm³/mol. The Morgan fingerprint density at radius 3 is 2.78 bits per heavy atom. The van der Waals surface area contributed by atoms with E-state index in [1.54, 1.807) is 11.3 Å². The van der Waals surface area contributed by atoms with Crippen molar-refractivity contribution >= 4 is 40.2 Å². The number of carbonyl (C=O) groups is 1. The van der Waals surface area contributed by atoms with Gasteiger partial charge in [-0.3, -0.25) is 4.79 Å². The highest BCUT2D eigenvalue weighted by atomic mass is 35.5. The van der Waals surface area contributed by atoms with Gasteiger partial charge in [0.05, 0.1) is 16.3 Å². The number of piperazine rings is 1. The van der Waals surface area contributed by atoms with Gasteiger partial charge in [0.25, 0.3) is 5.91 Å². The van der Waals surface area contributed by atoms with Crippen molar-refractivity contribution in [1.82, 2.24) is 4.90 Å². The Morgan fingerprint density at radius 2 is 2.00 bits per heavy atom. The average molecular weight is 404 g/mol. The third-order valence-corrected chi connectivity index (χ3v) is 7.07. The minimum absolute atomic E-state index is 0.0281. The predicted octanol–water partition coefficient (Wildman–Crippen LogP) is 4.53. The van der Waals surface area contributed by atoms with Crippen LogP contribution in [0.25, 0.3) is 0 Å². The summed E-state index contributed by atoms with van der Waals surface area (Å²) in [6.45, 7) is 6.23. The number of anilines is 2. The van der Waals surface area contributed by atoms with Crippen LogP contribution in [-0.4, -0.2) is 44.0 Å². The molecule has 2 heterocycles. The third-order valence-electron chi connectivity index (χ3n) is 5.60. The first-order valence-corrected chi connectivity index (χ1v) is 10.8. The first-order chi connectivity index (χ1) is 13.0. The molecule has 27 heavy (non-hydrogen) atoms. The van der Waals surface area contributed by atoms with Crippen LogP contribution in [0.2, 0.25) is 5.02 Å². The van der Waals surface area contributed by atoms with E-state index in [0.717, 1.165) is 55.3 Å². The monoisotopic (exact) mass is 403 g/mol. The van der Waals surface area contributed by atoms with Gasteiger partial charge in [-0.1, -0.05) is 18.5 Å². The molecule has 1 saturated heterocycles. The highest BCUT2D eigenvalue weighted by molar-refractivity contribution is 7.14. The van der Waals surface area contributed by atoms with Crippen molar-refractivity contribution in [3.63, 3.8) is 0 Å². The lowest BCUT2D eigenvalue weighted by molar-refractivity contribution is 0.103. The van der Waals surface area contributed by atoms with Crippen LogP contribution in [0.15, 0.2) is 24.3 Å². The zero-order valence-corrected chi connectivity index (χ0v) is 17.5. The molecule has 6 heteroatoms. The molecule has 0 radical (unpaired) electrons. The minimum atomic E-state index is -0.0281. The normalized spacial score (nSPS) is 20.4. The number of nitrogens with zero attached hydrogens (tertiary/aromatic N) is 2. The smallest absolute Gasteiger partial charge is 0.265 e. The SMILES string of the molecule is CC1CCc2sc(C(=O)Nc3cc(Cl)ccc3N3CCN(C)CC3)cc2C1. The maximum atomic E-state index is 12.9. The molecule has 1 unspecified atom stereocenters. The summed E-state index contributed by atoms with van der Waals surface area (Å²) in [4.78, 5) is 19.8. The van der Waals surface area contributed by atoms with Crippen molar-refractivity contribution in [2.75, 3.05) is 43.4 Å². The van der Waals surface area contributed by atoms with Gasteiger partial charge >= 0.3 is 0 Å². The number of benzene rings is 1. The van der Waals surface area contributed by atoms with Gasteiger partial charge in [0.1, 0.15) is 0 Å². The summed E-state index contributed by atoms with van der Waals surface area (Å²) in [6.07, 6.45) is 3.40. The standard InChI is InChI=1S/C21H26ClN3OS/c1-14-3-6-19-15(11-14)12-20(27-19)21(26)23-17-13-16(22)4-5-18(17)25-9-7-24(2)8-10-25/h4-5,12-14H,3,6-11H2,1-2H3,(H,23,26). The van der Waals surface area contributed by atoms with E-state index >= 15 is 0 Å². The first kappa shape index (κ1) is 18.8. The van der Waals surface area contributed by atoms with Crippen LogP contribution in [0, 0.1) is 5.92 Å². The minimum Gasteiger partial charge on any atom is -0.367 e. The highest BCUT2D eigenvalue weighted by Gasteiger charge is 2.22. The van der Waals surface area contributed by atoms with E-state index in [9.17, 15) is 4.79 Å². The fourth-order valence-corrected chi connectivity index (χ4v) is 5.21. The Hall–Kier alpha value is -1.56. The second-order valence-electron chi connectivity index (χ2n) is 7.81. The Labute approximate surface area is 170 Å². The number of likely N-dealkylation sites (N-methyl/N-ethyl adjacent to an activating group) is 1. The van der Waals surface area contributed by atoms with Gasteiger partial charge in [0, 0.05) is 36.1 Å². The number of carbonyl (C=O) groups excluding carboxylic acids is 1. The molecule has 2 aromatic rings. The number of hydrogen-bond acceptors (Lipinski definition) is 4. The van der Waals surface area contributed by atoms with Crippen molar-refractivity contribution in [2.45, 2.75) is 26.2 Å². The van der Waals surface area contributed by atoms with E-state index in [2.05, 4.69) is 35.2 Å². The molecule has 0 saturated carbocycles. The van der Waals surface area contributed by atoms with E-state index in [1.165, 1.54) is 16.9 Å². The van der Waals surface area contributed by atoms with Gasteiger partial charge in [-0.15, -0.1) is 11.3 Å². The van der Waals surface area contributed by atoms with Gasteiger partial charge < -0.3 is 15.1 Å². The summed E-state index contributed by atoms with van der Waals surface area (Å²) < 4.78 is 0. The van der Waals surface area contributed by atoms with E-state index in [4.69, 9.17) is 11.6 Å². The molecule has 1 atom stereocenters. The Bertz CT molecular complexity index is 842. The van der Waals surface area contributed by atoms with Crippen LogP contribution >= 0.6 is 22.9 Å². The lowest BCUT2D eigenvalue weighted by atomic mass is 9.90. The number of hydrogen-bond donors (Lipinski definition) is 1. The molecule has 1 aliphatic heterocycles. The topological polar surface area (TPSA) is 35.6 Å². The number of halogens is 1. The van der Waals surface area contributed by atoms with Crippen LogP contribution in [0.5, 0.6) is 0 Å². The van der Waals surface area contributed by atoms with Gasteiger partial charge in [0.15, 0.2) is 0 Å². The van der Waals surface area contributed by atoms with Gasteiger partial charge in [-0.25, -0.2) is 0 Å². The van der Waals surface area contributed by atoms with Crippen LogP contribution in [0.4, 0.5) is 11.4 Å². The molecular formula is C21H26ClN3OS. The molecule has 1 aliphatic carbocycles. The molecule has 0 spiro atoms. The number of aryl methyl sites for hydroxylation is 1. The highest BCUT2D eigenvalue weighted by Crippen LogP contribution is 2.34. The average Bonchev–Trinajstić information content (AvgIpc) is 3.06. The fourth-order valence-electron chi connectivity index (χ4n) is 3.93. The molecule has 1 aromatic carbocycles. The van der Waals surface area contributed by atoms with Crippen molar-refractivity contribution in [1.29, 1.82) is 0 Å². The van der Waals surface area contributed by atoms with Gasteiger partial charge in [0.2, 0.25) is 0 Å². The molecule has 1 aromatic heterocycles. The summed E-state index contributed by atoms with van der Waals surface area (Å²) in [5.74, 6) is 0.680. The maximum absolute atomic E-state index is 12.9. The van der Waals surface area contributed by atoms with Crippen LogP contribution in [0.3, 0.4) is 0 Å². The Kier molecular flexibility index (Phi) is 5.44. The summed E-state index contributed by atoms with van der Waals surface area (Å²) in [5, 5.41) is 3.77. The Morgan fingerprint density at radius 1 is 1.22 bits per heavy atom. The lowest BCUT2D eigenvalue weighted by Crippen LogP contribution is -2.44.